The number of amides is 3. The third-order valence-corrected chi connectivity index (χ3v) is 4.16. The Morgan fingerprint density at radius 3 is 2.66 bits per heavy atom. The summed E-state index contributed by atoms with van der Waals surface area (Å²) in [6.45, 7) is 6.96. The number of carbonyl (C=O) groups is 3. The van der Waals surface area contributed by atoms with E-state index in [1.54, 1.807) is 18.2 Å². The molecule has 0 saturated carbocycles. The number of esters is 1. The summed E-state index contributed by atoms with van der Waals surface area (Å²) in [6, 6.07) is 4.41. The summed E-state index contributed by atoms with van der Waals surface area (Å²) in [7, 11) is 1.50. The molecule has 0 unspecified atom stereocenters. The third-order valence-electron chi connectivity index (χ3n) is 4.16. The Morgan fingerprint density at radius 2 is 2.00 bits per heavy atom. The number of aromatic nitrogens is 1. The molecule has 10 heteroatoms. The first-order valence-corrected chi connectivity index (χ1v) is 9.60. The van der Waals surface area contributed by atoms with Gasteiger partial charge in [-0.15, -0.1) is 6.58 Å². The normalized spacial score (nSPS) is 10.5. The van der Waals surface area contributed by atoms with Crippen LogP contribution in [0.1, 0.15) is 22.6 Å². The molecule has 10 nitrogen and oxygen atoms in total. The summed E-state index contributed by atoms with van der Waals surface area (Å²) in [5.74, 6) is 0.167. The number of ether oxygens (including phenoxy) is 3. The standard InChI is InChI=1S/C22H25N3O7/c1-5-10-23-22(28)24-20(26)13-31-21(27)9-7-16-6-8-18(19(11-16)29-4)30-12-17-14(2)25-32-15(17)3/h5-9,11H,1,10,12-13H2,2-4H3,(H2,23,24,26,28)/b9-7+. The van der Waals surface area contributed by atoms with E-state index in [0.29, 0.717) is 22.8 Å². The molecule has 0 atom stereocenters. The first-order chi connectivity index (χ1) is 15.3. The van der Waals surface area contributed by atoms with Gasteiger partial charge in [-0.25, -0.2) is 9.59 Å². The van der Waals surface area contributed by atoms with E-state index in [0.717, 1.165) is 17.3 Å². The zero-order chi connectivity index (χ0) is 23.5. The molecule has 0 fully saturated rings. The Hall–Kier alpha value is -4.08. The van der Waals surface area contributed by atoms with Crippen LogP contribution in [0, 0.1) is 13.8 Å². The molecule has 0 aliphatic carbocycles. The molecule has 0 radical (unpaired) electrons. The van der Waals surface area contributed by atoms with Gasteiger partial charge in [0.05, 0.1) is 18.4 Å². The van der Waals surface area contributed by atoms with Crippen LogP contribution in [0.2, 0.25) is 0 Å². The molecule has 2 aromatic rings. The lowest BCUT2D eigenvalue weighted by Gasteiger charge is -2.11. The Kier molecular flexibility index (Phi) is 9.03. The summed E-state index contributed by atoms with van der Waals surface area (Å²) in [4.78, 5) is 34.7. The topological polar surface area (TPSA) is 129 Å². The highest BCUT2D eigenvalue weighted by molar-refractivity contribution is 5.96. The first-order valence-electron chi connectivity index (χ1n) is 9.60. The van der Waals surface area contributed by atoms with Gasteiger partial charge in [0.1, 0.15) is 12.4 Å². The van der Waals surface area contributed by atoms with Gasteiger partial charge in [0, 0.05) is 12.6 Å². The Balaban J connectivity index is 1.89. The predicted octanol–water partition coefficient (Wildman–Crippen LogP) is 2.45. The lowest BCUT2D eigenvalue weighted by atomic mass is 10.2. The van der Waals surface area contributed by atoms with Crippen molar-refractivity contribution in [3.63, 3.8) is 0 Å². The van der Waals surface area contributed by atoms with E-state index in [4.69, 9.17) is 18.7 Å². The molecule has 0 aliphatic rings. The maximum absolute atomic E-state index is 11.8. The molecule has 0 saturated heterocycles. The monoisotopic (exact) mass is 443 g/mol. The lowest BCUT2D eigenvalue weighted by Crippen LogP contribution is -2.41. The van der Waals surface area contributed by atoms with Gasteiger partial charge >= 0.3 is 12.0 Å². The predicted molar refractivity (Wildman–Crippen MR) is 115 cm³/mol. The second-order valence-electron chi connectivity index (χ2n) is 6.49. The fraction of sp³-hybridized carbons (Fsp3) is 0.273. The Bertz CT molecular complexity index is 991. The number of carbonyl (C=O) groups excluding carboxylic acids is 3. The third kappa shape index (κ3) is 7.31. The second kappa shape index (κ2) is 11.9. The number of aryl methyl sites for hydroxylation is 2. The zero-order valence-corrected chi connectivity index (χ0v) is 18.1. The minimum Gasteiger partial charge on any atom is -0.493 e. The number of nitrogens with one attached hydrogen (secondary N) is 2. The molecule has 32 heavy (non-hydrogen) atoms. The molecular weight excluding hydrogens is 418 g/mol. The minimum absolute atomic E-state index is 0.203. The van der Waals surface area contributed by atoms with Crippen LogP contribution in [-0.4, -0.2) is 43.3 Å². The fourth-order valence-corrected chi connectivity index (χ4v) is 2.49. The smallest absolute Gasteiger partial charge is 0.331 e. The summed E-state index contributed by atoms with van der Waals surface area (Å²) >= 11 is 0. The van der Waals surface area contributed by atoms with Crippen molar-refractivity contribution >= 4 is 24.0 Å². The van der Waals surface area contributed by atoms with Crippen LogP contribution in [0.25, 0.3) is 6.08 Å². The number of benzene rings is 1. The number of rotatable bonds is 10. The van der Waals surface area contributed by atoms with E-state index in [-0.39, 0.29) is 13.2 Å². The minimum atomic E-state index is -0.755. The van der Waals surface area contributed by atoms with Crippen molar-refractivity contribution in [3.8, 4) is 11.5 Å². The highest BCUT2D eigenvalue weighted by Crippen LogP contribution is 2.30. The van der Waals surface area contributed by atoms with Crippen molar-refractivity contribution in [2.24, 2.45) is 0 Å². The maximum Gasteiger partial charge on any atom is 0.331 e. The summed E-state index contributed by atoms with van der Waals surface area (Å²) in [6.07, 6.45) is 4.11. The molecule has 0 aliphatic heterocycles. The molecule has 2 rings (SSSR count). The molecule has 2 N–H and O–H groups in total. The van der Waals surface area contributed by atoms with E-state index in [1.165, 1.54) is 19.3 Å². The van der Waals surface area contributed by atoms with Crippen LogP contribution < -0.4 is 20.1 Å². The molecule has 1 heterocycles. The van der Waals surface area contributed by atoms with Gasteiger partial charge in [-0.1, -0.05) is 17.3 Å². The first kappa shape index (κ1) is 24.2. The molecule has 1 aromatic carbocycles. The van der Waals surface area contributed by atoms with Crippen molar-refractivity contribution in [1.82, 2.24) is 15.8 Å². The van der Waals surface area contributed by atoms with E-state index < -0.39 is 24.5 Å². The van der Waals surface area contributed by atoms with Crippen molar-refractivity contribution in [2.75, 3.05) is 20.3 Å². The van der Waals surface area contributed by atoms with E-state index >= 15 is 0 Å². The molecule has 3 amide bonds. The number of hydrogen-bond acceptors (Lipinski definition) is 8. The fourth-order valence-electron chi connectivity index (χ4n) is 2.49. The van der Waals surface area contributed by atoms with Crippen molar-refractivity contribution < 1.29 is 33.1 Å². The maximum atomic E-state index is 11.8. The van der Waals surface area contributed by atoms with Gasteiger partial charge < -0.3 is 24.1 Å². The van der Waals surface area contributed by atoms with Gasteiger partial charge in [-0.3, -0.25) is 10.1 Å². The van der Waals surface area contributed by atoms with Crippen LogP contribution >= 0.6 is 0 Å². The zero-order valence-electron chi connectivity index (χ0n) is 18.1. The summed E-state index contributed by atoms with van der Waals surface area (Å²) < 4.78 is 21.1. The number of imide groups is 1. The molecule has 170 valence electrons. The Labute approximate surface area is 185 Å². The van der Waals surface area contributed by atoms with E-state index in [2.05, 4.69) is 17.1 Å². The van der Waals surface area contributed by atoms with Gasteiger partial charge in [0.15, 0.2) is 18.1 Å². The summed E-state index contributed by atoms with van der Waals surface area (Å²) in [5.41, 5.74) is 2.27. The number of methoxy groups -OCH3 is 1. The van der Waals surface area contributed by atoms with Crippen molar-refractivity contribution in [3.05, 3.63) is 59.5 Å². The van der Waals surface area contributed by atoms with Crippen LogP contribution in [0.4, 0.5) is 4.79 Å². The van der Waals surface area contributed by atoms with Crippen LogP contribution in [0.15, 0.2) is 41.5 Å². The van der Waals surface area contributed by atoms with Crippen molar-refractivity contribution in [1.29, 1.82) is 0 Å². The van der Waals surface area contributed by atoms with Gasteiger partial charge in [-0.05, 0) is 37.6 Å². The van der Waals surface area contributed by atoms with Crippen LogP contribution in [0.3, 0.4) is 0 Å². The van der Waals surface area contributed by atoms with Gasteiger partial charge in [0.25, 0.3) is 5.91 Å². The number of hydrogen-bond donors (Lipinski definition) is 2. The average Bonchev–Trinajstić information content (AvgIpc) is 3.10. The van der Waals surface area contributed by atoms with Gasteiger partial charge in [-0.2, -0.15) is 0 Å². The largest absolute Gasteiger partial charge is 0.493 e. The van der Waals surface area contributed by atoms with Crippen molar-refractivity contribution in [2.45, 2.75) is 20.5 Å². The van der Waals surface area contributed by atoms with Crippen LogP contribution in [-0.2, 0) is 20.9 Å². The summed E-state index contributed by atoms with van der Waals surface area (Å²) in [5, 5.41) is 8.27. The SMILES string of the molecule is C=CCNC(=O)NC(=O)COC(=O)/C=C/c1ccc(OCc2c(C)noc2C)c(OC)c1. The second-order valence-corrected chi connectivity index (χ2v) is 6.49. The molecule has 0 bridgehead atoms. The van der Waals surface area contributed by atoms with Gasteiger partial charge in [0.2, 0.25) is 0 Å². The molecule has 1 aromatic heterocycles. The number of nitrogens with zero attached hydrogens (tertiary/aromatic N) is 1. The highest BCUT2D eigenvalue weighted by atomic mass is 16.5. The lowest BCUT2D eigenvalue weighted by molar-refractivity contribution is -0.143. The van der Waals surface area contributed by atoms with E-state index in [9.17, 15) is 14.4 Å². The number of urea groups is 1. The highest BCUT2D eigenvalue weighted by Gasteiger charge is 2.12. The van der Waals surface area contributed by atoms with Crippen LogP contribution in [0.5, 0.6) is 11.5 Å². The molecular formula is C22H25N3O7. The quantitative estimate of drug-likeness (QED) is 0.325. The molecule has 0 spiro atoms. The average molecular weight is 443 g/mol. The van der Waals surface area contributed by atoms with E-state index in [1.807, 2.05) is 19.2 Å². The Morgan fingerprint density at radius 1 is 1.22 bits per heavy atom.